The van der Waals surface area contributed by atoms with E-state index in [1.165, 1.54) is 0 Å². The Morgan fingerprint density at radius 2 is 2.10 bits per heavy atom. The first kappa shape index (κ1) is 16.4. The van der Waals surface area contributed by atoms with Gasteiger partial charge in [0.2, 0.25) is 0 Å². The fourth-order valence-corrected chi connectivity index (χ4v) is 1.68. The van der Waals surface area contributed by atoms with Gasteiger partial charge in [0.05, 0.1) is 0 Å². The third kappa shape index (κ3) is 6.02. The highest BCUT2D eigenvalue weighted by Gasteiger charge is 2.04. The molecule has 0 radical (unpaired) electrons. The lowest BCUT2D eigenvalue weighted by atomic mass is 10.1. The number of rotatable bonds is 8. The Morgan fingerprint density at radius 1 is 1.35 bits per heavy atom. The van der Waals surface area contributed by atoms with E-state index in [1.807, 2.05) is 51.1 Å². The van der Waals surface area contributed by atoms with E-state index in [1.54, 1.807) is 6.08 Å². The average Bonchev–Trinajstić information content (AvgIpc) is 2.42. The number of allylic oxidation sites excluding steroid dienone is 1. The van der Waals surface area contributed by atoms with Gasteiger partial charge in [-0.15, -0.1) is 0 Å². The fraction of sp³-hybridized carbons (Fsp3) is 0.471. The first-order valence-corrected chi connectivity index (χ1v) is 7.22. The van der Waals surface area contributed by atoms with Crippen LogP contribution in [0.3, 0.4) is 0 Å². The zero-order chi connectivity index (χ0) is 15.0. The minimum absolute atomic E-state index is 0.0332. The van der Waals surface area contributed by atoms with E-state index in [2.05, 4.69) is 12.2 Å². The van der Waals surface area contributed by atoms with E-state index in [9.17, 15) is 4.79 Å². The molecule has 0 aliphatic heterocycles. The predicted octanol–water partition coefficient (Wildman–Crippen LogP) is 3.30. The zero-order valence-corrected chi connectivity index (χ0v) is 12.8. The number of likely N-dealkylation sites (N-methyl/N-ethyl adjacent to an activating group) is 1. The molecule has 1 N–H and O–H groups in total. The first-order chi connectivity index (χ1) is 9.52. The maximum absolute atomic E-state index is 11.6. The lowest BCUT2D eigenvalue weighted by Gasteiger charge is -2.15. The highest BCUT2D eigenvalue weighted by molar-refractivity contribution is 5.94. The van der Waals surface area contributed by atoms with Crippen molar-refractivity contribution in [1.82, 2.24) is 5.32 Å². The highest BCUT2D eigenvalue weighted by atomic mass is 16.5. The van der Waals surface area contributed by atoms with Gasteiger partial charge in [0.15, 0.2) is 5.78 Å². The molecule has 0 saturated heterocycles. The van der Waals surface area contributed by atoms with Gasteiger partial charge in [0.25, 0.3) is 0 Å². The topological polar surface area (TPSA) is 38.3 Å². The molecule has 110 valence electrons. The van der Waals surface area contributed by atoms with E-state index < -0.39 is 0 Å². The standard InChI is InChI=1S/C17H25NO2/c1-5-18-12-14(4)20-16-8-6-7-15(11-16)9-10-17(19)13(2)3/h6-11,13-14,18H,5,12H2,1-4H3/b10-9+/t14-/m0/s1. The zero-order valence-electron chi connectivity index (χ0n) is 12.8. The molecule has 0 aliphatic rings. The summed E-state index contributed by atoms with van der Waals surface area (Å²) in [7, 11) is 0. The van der Waals surface area contributed by atoms with E-state index in [0.717, 1.165) is 24.4 Å². The van der Waals surface area contributed by atoms with Gasteiger partial charge in [0, 0.05) is 12.5 Å². The summed E-state index contributed by atoms with van der Waals surface area (Å²) in [6.45, 7) is 9.66. The molecule has 1 atom stereocenters. The van der Waals surface area contributed by atoms with Crippen LogP contribution in [0.25, 0.3) is 6.08 Å². The quantitative estimate of drug-likeness (QED) is 0.740. The normalized spacial score (nSPS) is 12.8. The van der Waals surface area contributed by atoms with Crippen molar-refractivity contribution in [2.75, 3.05) is 13.1 Å². The van der Waals surface area contributed by atoms with Crippen LogP contribution in [0, 0.1) is 5.92 Å². The fourth-order valence-electron chi connectivity index (χ4n) is 1.68. The van der Waals surface area contributed by atoms with Crippen LogP contribution in [0.4, 0.5) is 0 Å². The summed E-state index contributed by atoms with van der Waals surface area (Å²) in [5, 5.41) is 3.25. The molecule has 1 aromatic carbocycles. The Balaban J connectivity index is 2.64. The molecular weight excluding hydrogens is 250 g/mol. The maximum atomic E-state index is 11.6. The molecule has 0 heterocycles. The number of hydrogen-bond donors (Lipinski definition) is 1. The second kappa shape index (κ2) is 8.54. The first-order valence-electron chi connectivity index (χ1n) is 7.22. The van der Waals surface area contributed by atoms with Gasteiger partial charge in [0.1, 0.15) is 11.9 Å². The predicted molar refractivity (Wildman–Crippen MR) is 84.0 cm³/mol. The molecule has 0 saturated carbocycles. The summed E-state index contributed by atoms with van der Waals surface area (Å²) in [5.74, 6) is 0.997. The SMILES string of the molecule is CCNC[C@H](C)Oc1cccc(/C=C/C(=O)C(C)C)c1. The van der Waals surface area contributed by atoms with Crippen molar-refractivity contribution in [3.8, 4) is 5.75 Å². The second-order valence-electron chi connectivity index (χ2n) is 5.20. The van der Waals surface area contributed by atoms with E-state index in [-0.39, 0.29) is 17.8 Å². The van der Waals surface area contributed by atoms with Crippen LogP contribution >= 0.6 is 0 Å². The van der Waals surface area contributed by atoms with Gasteiger partial charge in [-0.25, -0.2) is 0 Å². The average molecular weight is 275 g/mol. The van der Waals surface area contributed by atoms with Crippen molar-refractivity contribution in [2.45, 2.75) is 33.8 Å². The molecule has 0 aliphatic carbocycles. The molecule has 0 bridgehead atoms. The van der Waals surface area contributed by atoms with Crippen molar-refractivity contribution in [3.63, 3.8) is 0 Å². The summed E-state index contributed by atoms with van der Waals surface area (Å²) in [6.07, 6.45) is 3.59. The van der Waals surface area contributed by atoms with Gasteiger partial charge in [-0.3, -0.25) is 4.79 Å². The molecule has 0 amide bonds. The maximum Gasteiger partial charge on any atom is 0.158 e. The molecule has 3 heteroatoms. The summed E-state index contributed by atoms with van der Waals surface area (Å²) < 4.78 is 5.83. The lowest BCUT2D eigenvalue weighted by Crippen LogP contribution is -2.28. The van der Waals surface area contributed by atoms with Crippen molar-refractivity contribution in [2.24, 2.45) is 5.92 Å². The Bertz CT molecular complexity index is 452. The lowest BCUT2D eigenvalue weighted by molar-refractivity contribution is -0.117. The molecule has 0 aromatic heterocycles. The molecule has 0 fully saturated rings. The summed E-state index contributed by atoms with van der Waals surface area (Å²) in [5.41, 5.74) is 0.979. The Labute approximate surface area is 122 Å². The third-order valence-electron chi connectivity index (χ3n) is 2.89. The molecule has 1 rings (SSSR count). The van der Waals surface area contributed by atoms with E-state index in [0.29, 0.717) is 0 Å². The van der Waals surface area contributed by atoms with Crippen molar-refractivity contribution >= 4 is 11.9 Å². The smallest absolute Gasteiger partial charge is 0.158 e. The summed E-state index contributed by atoms with van der Waals surface area (Å²) in [4.78, 5) is 11.6. The molecular formula is C17H25NO2. The number of nitrogens with one attached hydrogen (secondary N) is 1. The van der Waals surface area contributed by atoms with E-state index >= 15 is 0 Å². The van der Waals surface area contributed by atoms with Gasteiger partial charge >= 0.3 is 0 Å². The Morgan fingerprint density at radius 3 is 2.75 bits per heavy atom. The van der Waals surface area contributed by atoms with Gasteiger partial charge in [-0.05, 0) is 37.2 Å². The van der Waals surface area contributed by atoms with Gasteiger partial charge in [-0.1, -0.05) is 39.0 Å². The van der Waals surface area contributed by atoms with Crippen LogP contribution in [-0.2, 0) is 4.79 Å². The number of benzene rings is 1. The number of hydrogen-bond acceptors (Lipinski definition) is 3. The van der Waals surface area contributed by atoms with Crippen LogP contribution < -0.4 is 10.1 Å². The monoisotopic (exact) mass is 275 g/mol. The van der Waals surface area contributed by atoms with Crippen LogP contribution in [0.1, 0.15) is 33.3 Å². The molecule has 20 heavy (non-hydrogen) atoms. The number of carbonyl (C=O) groups is 1. The number of ketones is 1. The van der Waals surface area contributed by atoms with Gasteiger partial charge in [-0.2, -0.15) is 0 Å². The minimum atomic E-state index is 0.0332. The summed E-state index contributed by atoms with van der Waals surface area (Å²) in [6, 6.07) is 7.79. The third-order valence-corrected chi connectivity index (χ3v) is 2.89. The molecule has 0 spiro atoms. The van der Waals surface area contributed by atoms with Crippen LogP contribution in [-0.4, -0.2) is 25.0 Å². The number of carbonyl (C=O) groups excluding carboxylic acids is 1. The summed E-state index contributed by atoms with van der Waals surface area (Å²) >= 11 is 0. The van der Waals surface area contributed by atoms with Gasteiger partial charge < -0.3 is 10.1 Å². The van der Waals surface area contributed by atoms with Crippen LogP contribution in [0.15, 0.2) is 30.3 Å². The van der Waals surface area contributed by atoms with Crippen LogP contribution in [0.5, 0.6) is 5.75 Å². The highest BCUT2D eigenvalue weighted by Crippen LogP contribution is 2.16. The number of ether oxygens (including phenoxy) is 1. The van der Waals surface area contributed by atoms with Crippen LogP contribution in [0.2, 0.25) is 0 Å². The molecule has 1 aromatic rings. The largest absolute Gasteiger partial charge is 0.489 e. The van der Waals surface area contributed by atoms with Crippen molar-refractivity contribution in [1.29, 1.82) is 0 Å². The Hall–Kier alpha value is -1.61. The molecule has 0 unspecified atom stereocenters. The van der Waals surface area contributed by atoms with E-state index in [4.69, 9.17) is 4.74 Å². The second-order valence-corrected chi connectivity index (χ2v) is 5.20. The van der Waals surface area contributed by atoms with Crippen molar-refractivity contribution < 1.29 is 9.53 Å². The molecule has 3 nitrogen and oxygen atoms in total. The minimum Gasteiger partial charge on any atom is -0.489 e. The Kier molecular flexibility index (Phi) is 7.02. The van der Waals surface area contributed by atoms with Crippen molar-refractivity contribution in [3.05, 3.63) is 35.9 Å².